The Balaban J connectivity index is 3.03. The number of halogens is 1. The van der Waals surface area contributed by atoms with E-state index in [4.69, 9.17) is 29.6 Å². The summed E-state index contributed by atoms with van der Waals surface area (Å²) < 4.78 is 0. The molecule has 0 radical (unpaired) electrons. The lowest BCUT2D eigenvalue weighted by Gasteiger charge is -2.20. The normalized spacial score (nSPS) is 11.2. The molecule has 0 spiro atoms. The van der Waals surface area contributed by atoms with Crippen molar-refractivity contribution < 1.29 is 0 Å². The minimum atomic E-state index is 0.0887. The molecule has 1 aromatic carbocycles. The highest BCUT2D eigenvalue weighted by atomic mass is 35.5. The Morgan fingerprint density at radius 2 is 2.00 bits per heavy atom. The first-order valence-corrected chi connectivity index (χ1v) is 5.46. The van der Waals surface area contributed by atoms with E-state index in [9.17, 15) is 0 Å². The van der Waals surface area contributed by atoms with E-state index in [1.165, 1.54) is 5.56 Å². The lowest BCUT2D eigenvalue weighted by molar-refractivity contribution is 0.590. The Labute approximate surface area is 101 Å². The van der Waals surface area contributed by atoms with Crippen molar-refractivity contribution in [3.63, 3.8) is 0 Å². The van der Waals surface area contributed by atoms with Crippen molar-refractivity contribution >= 4 is 34.6 Å². The minimum Gasteiger partial charge on any atom is -0.376 e. The van der Waals surface area contributed by atoms with Crippen molar-refractivity contribution in [3.05, 3.63) is 28.8 Å². The molecule has 1 rings (SSSR count). The van der Waals surface area contributed by atoms with Crippen molar-refractivity contribution in [1.82, 2.24) is 0 Å². The van der Waals surface area contributed by atoms with Crippen LogP contribution in [0.4, 0.5) is 5.69 Å². The van der Waals surface area contributed by atoms with Gasteiger partial charge in [0.1, 0.15) is 0 Å². The fourth-order valence-corrected chi connectivity index (χ4v) is 1.55. The third kappa shape index (κ3) is 3.36. The van der Waals surface area contributed by atoms with Gasteiger partial charge in [-0.3, -0.25) is 0 Å². The van der Waals surface area contributed by atoms with Crippen molar-refractivity contribution in [2.75, 3.05) is 5.32 Å². The molecule has 0 heterocycles. The van der Waals surface area contributed by atoms with Gasteiger partial charge in [-0.05, 0) is 35.3 Å². The third-order valence-electron chi connectivity index (χ3n) is 2.09. The predicted octanol–water partition coefficient (Wildman–Crippen LogP) is 3.29. The molecule has 15 heavy (non-hydrogen) atoms. The summed E-state index contributed by atoms with van der Waals surface area (Å²) in [5.74, 6) is 0. The second kappa shape index (κ2) is 4.37. The summed E-state index contributed by atoms with van der Waals surface area (Å²) in [4.78, 5) is 0. The van der Waals surface area contributed by atoms with Crippen LogP contribution in [0.5, 0.6) is 0 Å². The standard InChI is InChI=1S/C11H15ClN2S/c1-11(2,3)7-4-5-9(8(12)6-7)14-10(13)15/h4-6H,1-3H3,(H3,13,14,15). The van der Waals surface area contributed by atoms with Crippen LogP contribution in [0, 0.1) is 0 Å². The van der Waals surface area contributed by atoms with E-state index >= 15 is 0 Å². The number of benzene rings is 1. The van der Waals surface area contributed by atoms with E-state index in [1.807, 2.05) is 18.2 Å². The van der Waals surface area contributed by atoms with Crippen molar-refractivity contribution in [2.24, 2.45) is 5.73 Å². The van der Waals surface area contributed by atoms with Crippen LogP contribution >= 0.6 is 23.8 Å². The van der Waals surface area contributed by atoms with E-state index in [0.29, 0.717) is 5.02 Å². The largest absolute Gasteiger partial charge is 0.376 e. The van der Waals surface area contributed by atoms with Gasteiger partial charge in [0, 0.05) is 0 Å². The first-order valence-electron chi connectivity index (χ1n) is 4.67. The number of nitrogens with two attached hydrogens (primary N) is 1. The maximum Gasteiger partial charge on any atom is 0.168 e. The van der Waals surface area contributed by atoms with E-state index in [0.717, 1.165) is 5.69 Å². The Morgan fingerprint density at radius 1 is 1.40 bits per heavy atom. The van der Waals surface area contributed by atoms with Gasteiger partial charge < -0.3 is 11.1 Å². The Hall–Kier alpha value is -0.800. The molecular formula is C11H15ClN2S. The second-order valence-corrected chi connectivity index (χ2v) is 5.28. The zero-order valence-electron chi connectivity index (χ0n) is 9.10. The fourth-order valence-electron chi connectivity index (χ4n) is 1.22. The monoisotopic (exact) mass is 242 g/mol. The smallest absolute Gasteiger partial charge is 0.168 e. The second-order valence-electron chi connectivity index (χ2n) is 4.43. The van der Waals surface area contributed by atoms with E-state index < -0.39 is 0 Å². The number of anilines is 1. The van der Waals surface area contributed by atoms with E-state index in [2.05, 4.69) is 26.1 Å². The average Bonchev–Trinajstić information content (AvgIpc) is 2.05. The SMILES string of the molecule is CC(C)(C)c1ccc(NC(N)=S)c(Cl)c1. The van der Waals surface area contributed by atoms with Gasteiger partial charge in [0.25, 0.3) is 0 Å². The highest BCUT2D eigenvalue weighted by molar-refractivity contribution is 7.80. The fraction of sp³-hybridized carbons (Fsp3) is 0.364. The lowest BCUT2D eigenvalue weighted by atomic mass is 9.87. The highest BCUT2D eigenvalue weighted by Crippen LogP contribution is 2.29. The molecule has 2 nitrogen and oxygen atoms in total. The molecule has 1 aromatic rings. The molecule has 0 amide bonds. The van der Waals surface area contributed by atoms with Gasteiger partial charge in [0.05, 0.1) is 10.7 Å². The molecule has 0 saturated heterocycles. The van der Waals surface area contributed by atoms with Crippen LogP contribution < -0.4 is 11.1 Å². The molecule has 0 fully saturated rings. The van der Waals surface area contributed by atoms with Gasteiger partial charge in [-0.1, -0.05) is 38.4 Å². The van der Waals surface area contributed by atoms with Crippen LogP contribution in [0.3, 0.4) is 0 Å². The number of rotatable bonds is 1. The van der Waals surface area contributed by atoms with Crippen LogP contribution in [0.1, 0.15) is 26.3 Å². The maximum absolute atomic E-state index is 6.10. The van der Waals surface area contributed by atoms with Crippen LogP contribution in [0.25, 0.3) is 0 Å². The summed E-state index contributed by atoms with van der Waals surface area (Å²) in [7, 11) is 0. The van der Waals surface area contributed by atoms with Crippen LogP contribution in [-0.2, 0) is 5.41 Å². The molecule has 82 valence electrons. The minimum absolute atomic E-state index is 0.0887. The van der Waals surface area contributed by atoms with E-state index in [1.54, 1.807) is 0 Å². The van der Waals surface area contributed by atoms with Crippen molar-refractivity contribution in [3.8, 4) is 0 Å². The van der Waals surface area contributed by atoms with Gasteiger partial charge in [0.15, 0.2) is 5.11 Å². The Kier molecular flexibility index (Phi) is 3.58. The Bertz CT molecular complexity index is 383. The first-order chi connectivity index (χ1) is 6.80. The topological polar surface area (TPSA) is 38.0 Å². The molecule has 3 N–H and O–H groups in total. The van der Waals surface area contributed by atoms with Gasteiger partial charge in [-0.2, -0.15) is 0 Å². The molecule has 0 bridgehead atoms. The number of nitrogens with one attached hydrogen (secondary N) is 1. The van der Waals surface area contributed by atoms with Gasteiger partial charge in [-0.15, -0.1) is 0 Å². The number of hydrogen-bond donors (Lipinski definition) is 2. The zero-order valence-corrected chi connectivity index (χ0v) is 10.7. The molecule has 0 unspecified atom stereocenters. The molecule has 0 saturated carbocycles. The van der Waals surface area contributed by atoms with Crippen LogP contribution in [0.15, 0.2) is 18.2 Å². The van der Waals surface area contributed by atoms with Crippen molar-refractivity contribution in [2.45, 2.75) is 26.2 Å². The molecule has 4 heteroatoms. The zero-order chi connectivity index (χ0) is 11.6. The highest BCUT2D eigenvalue weighted by Gasteiger charge is 2.14. The van der Waals surface area contributed by atoms with Crippen LogP contribution in [0.2, 0.25) is 5.02 Å². The first kappa shape index (κ1) is 12.3. The predicted molar refractivity (Wildman–Crippen MR) is 70.6 cm³/mol. The third-order valence-corrected chi connectivity index (χ3v) is 2.51. The van der Waals surface area contributed by atoms with Gasteiger partial charge >= 0.3 is 0 Å². The van der Waals surface area contributed by atoms with Gasteiger partial charge in [-0.25, -0.2) is 0 Å². The number of thiocarbonyl (C=S) groups is 1. The van der Waals surface area contributed by atoms with Crippen LogP contribution in [-0.4, -0.2) is 5.11 Å². The summed E-state index contributed by atoms with van der Waals surface area (Å²) in [5, 5.41) is 3.69. The summed E-state index contributed by atoms with van der Waals surface area (Å²) in [5.41, 5.74) is 7.40. The molecule has 0 atom stereocenters. The number of hydrogen-bond acceptors (Lipinski definition) is 1. The lowest BCUT2D eigenvalue weighted by Crippen LogP contribution is -2.19. The molecule has 0 aliphatic rings. The maximum atomic E-state index is 6.10. The van der Waals surface area contributed by atoms with Gasteiger partial charge in [0.2, 0.25) is 0 Å². The molecule has 0 aliphatic heterocycles. The summed E-state index contributed by atoms with van der Waals surface area (Å²) >= 11 is 10.9. The van der Waals surface area contributed by atoms with Crippen molar-refractivity contribution in [1.29, 1.82) is 0 Å². The summed E-state index contributed by atoms with van der Waals surface area (Å²) in [6, 6.07) is 5.84. The van der Waals surface area contributed by atoms with E-state index in [-0.39, 0.29) is 10.5 Å². The Morgan fingerprint density at radius 3 is 2.40 bits per heavy atom. The summed E-state index contributed by atoms with van der Waals surface area (Å²) in [6.07, 6.45) is 0. The quantitative estimate of drug-likeness (QED) is 0.743. The summed E-state index contributed by atoms with van der Waals surface area (Å²) in [6.45, 7) is 6.41. The average molecular weight is 243 g/mol. The molecule has 0 aliphatic carbocycles. The molecule has 0 aromatic heterocycles. The molecular weight excluding hydrogens is 228 g/mol.